The summed E-state index contributed by atoms with van der Waals surface area (Å²) in [4.78, 5) is 17.7. The number of aliphatic hydroxyl groups excluding tert-OH is 2. The van der Waals surface area contributed by atoms with Crippen LogP contribution in [-0.4, -0.2) is 44.3 Å². The standard InChI is InChI=1S/C31H36ClN3O4/c1-19(2)29(37)25-6-5-14-35-18-27(34-30(25)35)22-9-7-21(8-10-22)16-24(13-15-36)33-31(38)23-11-12-28(26(32)17-23)39-20(3)4/h5-12,14,17-20,24,29,36-37H,13,15-16H2,1-4H3,(H,33,38)/t24-,29?/m1/s1. The first-order chi connectivity index (χ1) is 18.7. The number of benzene rings is 2. The summed E-state index contributed by atoms with van der Waals surface area (Å²) in [6.45, 7) is 7.75. The summed E-state index contributed by atoms with van der Waals surface area (Å²) in [7, 11) is 0. The Morgan fingerprint density at radius 1 is 1.10 bits per heavy atom. The highest BCUT2D eigenvalue weighted by Gasteiger charge is 2.19. The lowest BCUT2D eigenvalue weighted by Gasteiger charge is -2.19. The van der Waals surface area contributed by atoms with E-state index in [2.05, 4.69) is 5.32 Å². The van der Waals surface area contributed by atoms with Gasteiger partial charge in [0.1, 0.15) is 11.4 Å². The minimum Gasteiger partial charge on any atom is -0.489 e. The lowest BCUT2D eigenvalue weighted by Crippen LogP contribution is -2.37. The van der Waals surface area contributed by atoms with Gasteiger partial charge < -0.3 is 24.7 Å². The Morgan fingerprint density at radius 3 is 2.49 bits per heavy atom. The van der Waals surface area contributed by atoms with Crippen molar-refractivity contribution in [3.05, 3.63) is 88.7 Å². The summed E-state index contributed by atoms with van der Waals surface area (Å²) in [6, 6.07) is 16.6. The molecule has 2 aromatic heterocycles. The minimum atomic E-state index is -0.590. The summed E-state index contributed by atoms with van der Waals surface area (Å²) in [5.41, 5.74) is 4.77. The van der Waals surface area contributed by atoms with Crippen molar-refractivity contribution in [2.45, 2.75) is 58.8 Å². The molecule has 0 aliphatic heterocycles. The second kappa shape index (κ2) is 12.6. The molecule has 206 valence electrons. The maximum atomic E-state index is 12.9. The van der Waals surface area contributed by atoms with E-state index in [-0.39, 0.29) is 30.6 Å². The van der Waals surface area contributed by atoms with Gasteiger partial charge >= 0.3 is 0 Å². The number of rotatable bonds is 11. The van der Waals surface area contributed by atoms with E-state index in [0.29, 0.717) is 29.2 Å². The average molecular weight is 550 g/mol. The van der Waals surface area contributed by atoms with E-state index in [1.165, 1.54) is 0 Å². The Morgan fingerprint density at radius 2 is 1.85 bits per heavy atom. The van der Waals surface area contributed by atoms with Crippen LogP contribution < -0.4 is 10.1 Å². The van der Waals surface area contributed by atoms with Crippen molar-refractivity contribution < 1.29 is 19.7 Å². The molecule has 1 amide bonds. The summed E-state index contributed by atoms with van der Waals surface area (Å²) in [5.74, 6) is 0.360. The molecule has 8 heteroatoms. The Balaban J connectivity index is 1.47. The number of imidazole rings is 1. The fourth-order valence-corrected chi connectivity index (χ4v) is 4.73. The van der Waals surface area contributed by atoms with Crippen LogP contribution >= 0.6 is 11.6 Å². The molecule has 2 aromatic carbocycles. The molecule has 2 heterocycles. The zero-order chi connectivity index (χ0) is 28.1. The van der Waals surface area contributed by atoms with E-state index >= 15 is 0 Å². The number of amides is 1. The van der Waals surface area contributed by atoms with E-state index in [1.807, 2.05) is 80.9 Å². The van der Waals surface area contributed by atoms with Crippen LogP contribution in [0.5, 0.6) is 5.75 Å². The van der Waals surface area contributed by atoms with Crippen molar-refractivity contribution in [1.82, 2.24) is 14.7 Å². The maximum absolute atomic E-state index is 12.9. The highest BCUT2D eigenvalue weighted by Crippen LogP contribution is 2.28. The second-order valence-corrected chi connectivity index (χ2v) is 10.8. The van der Waals surface area contributed by atoms with Gasteiger partial charge in [0, 0.05) is 41.7 Å². The molecule has 4 aromatic rings. The molecular weight excluding hydrogens is 514 g/mol. The number of hydrogen-bond acceptors (Lipinski definition) is 5. The molecule has 0 aliphatic rings. The SMILES string of the molecule is CC(C)Oc1ccc(C(=O)N[C@H](CCO)Cc2ccc(-c3cn4cccc(C(O)C(C)C)c4n3)cc2)cc1Cl. The van der Waals surface area contributed by atoms with Gasteiger partial charge in [0.25, 0.3) is 5.91 Å². The van der Waals surface area contributed by atoms with Gasteiger partial charge in [0.15, 0.2) is 0 Å². The lowest BCUT2D eigenvalue weighted by atomic mass is 10.0. The quantitative estimate of drug-likeness (QED) is 0.218. The number of nitrogens with one attached hydrogen (secondary N) is 1. The third-order valence-corrected chi connectivity index (χ3v) is 6.86. The monoisotopic (exact) mass is 549 g/mol. The van der Waals surface area contributed by atoms with E-state index < -0.39 is 6.10 Å². The molecule has 7 nitrogen and oxygen atoms in total. The van der Waals surface area contributed by atoms with Crippen LogP contribution in [0.4, 0.5) is 0 Å². The number of hydrogen-bond donors (Lipinski definition) is 3. The average Bonchev–Trinajstić information content (AvgIpc) is 3.34. The van der Waals surface area contributed by atoms with Gasteiger partial charge in [0.2, 0.25) is 0 Å². The molecule has 0 spiro atoms. The van der Waals surface area contributed by atoms with Crippen molar-refractivity contribution in [3.8, 4) is 17.0 Å². The topological polar surface area (TPSA) is 96.1 Å². The first-order valence-electron chi connectivity index (χ1n) is 13.3. The molecule has 0 saturated heterocycles. The van der Waals surface area contributed by atoms with Gasteiger partial charge in [-0.15, -0.1) is 0 Å². The van der Waals surface area contributed by atoms with Gasteiger partial charge in [-0.25, -0.2) is 4.98 Å². The molecule has 4 rings (SSSR count). The molecule has 0 radical (unpaired) electrons. The van der Waals surface area contributed by atoms with Crippen LogP contribution in [0, 0.1) is 5.92 Å². The van der Waals surface area contributed by atoms with Gasteiger partial charge in [-0.05, 0) is 62.4 Å². The third kappa shape index (κ3) is 6.98. The van der Waals surface area contributed by atoms with E-state index in [0.717, 1.165) is 28.0 Å². The number of carbonyl (C=O) groups excluding carboxylic acids is 1. The van der Waals surface area contributed by atoms with E-state index in [4.69, 9.17) is 21.3 Å². The normalized spacial score (nSPS) is 13.2. The Hall–Kier alpha value is -3.39. The number of pyridine rings is 1. The van der Waals surface area contributed by atoms with Gasteiger partial charge in [-0.3, -0.25) is 4.79 Å². The predicted octanol–water partition coefficient (Wildman–Crippen LogP) is 5.85. The molecule has 0 saturated carbocycles. The zero-order valence-electron chi connectivity index (χ0n) is 22.8. The van der Waals surface area contributed by atoms with E-state index in [1.54, 1.807) is 18.2 Å². The van der Waals surface area contributed by atoms with Crippen molar-refractivity contribution in [2.24, 2.45) is 5.92 Å². The van der Waals surface area contributed by atoms with Crippen LogP contribution in [0.1, 0.15) is 61.7 Å². The first kappa shape index (κ1) is 28.6. The van der Waals surface area contributed by atoms with Gasteiger partial charge in [-0.2, -0.15) is 0 Å². The molecule has 0 aliphatic carbocycles. The molecule has 3 N–H and O–H groups in total. The fraction of sp³-hybridized carbons (Fsp3) is 0.355. The van der Waals surface area contributed by atoms with Crippen molar-refractivity contribution in [3.63, 3.8) is 0 Å². The number of ether oxygens (including phenoxy) is 1. The summed E-state index contributed by atoms with van der Waals surface area (Å²) >= 11 is 6.31. The molecular formula is C31H36ClN3O4. The lowest BCUT2D eigenvalue weighted by molar-refractivity contribution is 0.0930. The fourth-order valence-electron chi connectivity index (χ4n) is 4.50. The molecule has 0 fully saturated rings. The van der Waals surface area contributed by atoms with Crippen molar-refractivity contribution >= 4 is 23.2 Å². The number of fused-ring (bicyclic) bond motifs is 1. The Labute approximate surface area is 234 Å². The van der Waals surface area contributed by atoms with Crippen molar-refractivity contribution in [1.29, 1.82) is 0 Å². The Bertz CT molecular complexity index is 1420. The number of aliphatic hydroxyl groups is 2. The summed E-state index contributed by atoms with van der Waals surface area (Å²) < 4.78 is 7.58. The second-order valence-electron chi connectivity index (χ2n) is 10.4. The summed E-state index contributed by atoms with van der Waals surface area (Å²) in [5, 5.41) is 23.6. The largest absolute Gasteiger partial charge is 0.489 e. The van der Waals surface area contributed by atoms with Crippen molar-refractivity contribution in [2.75, 3.05) is 6.61 Å². The van der Waals surface area contributed by atoms with Crippen LogP contribution in [-0.2, 0) is 6.42 Å². The molecule has 2 atom stereocenters. The molecule has 0 bridgehead atoms. The van der Waals surface area contributed by atoms with Crippen LogP contribution in [0.2, 0.25) is 5.02 Å². The first-order valence-corrected chi connectivity index (χ1v) is 13.7. The van der Waals surface area contributed by atoms with E-state index in [9.17, 15) is 15.0 Å². The smallest absolute Gasteiger partial charge is 0.251 e. The summed E-state index contributed by atoms with van der Waals surface area (Å²) in [6.07, 6.45) is 4.25. The number of aromatic nitrogens is 2. The number of carbonyl (C=O) groups is 1. The maximum Gasteiger partial charge on any atom is 0.251 e. The Kier molecular flexibility index (Phi) is 9.28. The van der Waals surface area contributed by atoms with Gasteiger partial charge in [0.05, 0.1) is 22.9 Å². The molecule has 39 heavy (non-hydrogen) atoms. The zero-order valence-corrected chi connectivity index (χ0v) is 23.5. The minimum absolute atomic E-state index is 0.0227. The van der Waals surface area contributed by atoms with Crippen LogP contribution in [0.3, 0.4) is 0 Å². The highest BCUT2D eigenvalue weighted by atomic mass is 35.5. The number of halogens is 1. The van der Waals surface area contributed by atoms with Crippen LogP contribution in [0.25, 0.3) is 16.9 Å². The van der Waals surface area contributed by atoms with Gasteiger partial charge in [-0.1, -0.05) is 55.8 Å². The molecule has 1 unspecified atom stereocenters. The third-order valence-electron chi connectivity index (χ3n) is 6.56. The predicted molar refractivity (Wildman–Crippen MR) is 154 cm³/mol. The number of nitrogens with zero attached hydrogens (tertiary/aromatic N) is 2. The highest BCUT2D eigenvalue weighted by molar-refractivity contribution is 6.32. The van der Waals surface area contributed by atoms with Crippen LogP contribution in [0.15, 0.2) is 67.0 Å².